The van der Waals surface area contributed by atoms with Crippen molar-refractivity contribution < 1.29 is 0 Å². The molecule has 0 atom stereocenters. The molecular formula is C32H24N2S4. The van der Waals surface area contributed by atoms with E-state index in [4.69, 9.17) is 0 Å². The van der Waals surface area contributed by atoms with Crippen molar-refractivity contribution in [1.29, 1.82) is 0 Å². The van der Waals surface area contributed by atoms with E-state index >= 15 is 0 Å². The van der Waals surface area contributed by atoms with Crippen LogP contribution in [0.25, 0.3) is 21.8 Å². The first-order chi connectivity index (χ1) is 18.8. The fourth-order valence-electron chi connectivity index (χ4n) is 4.10. The van der Waals surface area contributed by atoms with Crippen LogP contribution in [0.2, 0.25) is 0 Å². The van der Waals surface area contributed by atoms with Crippen LogP contribution in [0.4, 0.5) is 0 Å². The predicted molar refractivity (Wildman–Crippen MR) is 167 cm³/mol. The second-order valence-corrected chi connectivity index (χ2v) is 13.0. The van der Waals surface area contributed by atoms with Gasteiger partial charge in [-0.25, -0.2) is 0 Å². The molecule has 0 aliphatic carbocycles. The SMILES string of the molecule is c1ccc(CSc2ccc3c(SSc4ccnc5cc(SCc6ccccc6)ccc45)ccnc3c2)cc1. The average molecular weight is 565 g/mol. The number of pyridine rings is 2. The summed E-state index contributed by atoms with van der Waals surface area (Å²) < 4.78 is 0. The summed E-state index contributed by atoms with van der Waals surface area (Å²) in [5, 5.41) is 2.37. The van der Waals surface area contributed by atoms with E-state index in [9.17, 15) is 0 Å². The Bertz CT molecular complexity index is 1550. The van der Waals surface area contributed by atoms with Crippen molar-refractivity contribution in [3.63, 3.8) is 0 Å². The topological polar surface area (TPSA) is 25.8 Å². The fourth-order valence-corrected chi connectivity index (χ4v) is 8.22. The van der Waals surface area contributed by atoms with Crippen molar-refractivity contribution in [2.75, 3.05) is 0 Å². The summed E-state index contributed by atoms with van der Waals surface area (Å²) in [7, 11) is 3.57. The van der Waals surface area contributed by atoms with Gasteiger partial charge in [-0.05, 0) is 47.5 Å². The number of aromatic nitrogens is 2. The number of rotatable bonds is 9. The first kappa shape index (κ1) is 25.4. The lowest BCUT2D eigenvalue weighted by Gasteiger charge is -2.09. The normalized spacial score (nSPS) is 11.3. The molecule has 0 fully saturated rings. The lowest BCUT2D eigenvalue weighted by atomic mass is 10.2. The van der Waals surface area contributed by atoms with E-state index in [2.05, 4.69) is 119 Å². The highest BCUT2D eigenvalue weighted by molar-refractivity contribution is 8.76. The molecule has 0 aliphatic heterocycles. The lowest BCUT2D eigenvalue weighted by molar-refractivity contribution is 1.32. The van der Waals surface area contributed by atoms with E-state index in [1.54, 1.807) is 21.6 Å². The molecule has 0 radical (unpaired) electrons. The molecule has 0 amide bonds. The number of benzene rings is 4. The molecular weight excluding hydrogens is 541 g/mol. The zero-order valence-corrected chi connectivity index (χ0v) is 23.8. The summed E-state index contributed by atoms with van der Waals surface area (Å²) in [5.74, 6) is 1.91. The molecule has 2 heterocycles. The Morgan fingerprint density at radius 1 is 0.474 bits per heavy atom. The van der Waals surface area contributed by atoms with Crippen molar-refractivity contribution in [2.45, 2.75) is 31.1 Å². The molecule has 6 aromatic rings. The zero-order valence-electron chi connectivity index (χ0n) is 20.5. The van der Waals surface area contributed by atoms with Gasteiger partial charge < -0.3 is 0 Å². The first-order valence-corrected chi connectivity index (χ1v) is 16.4. The largest absolute Gasteiger partial charge is 0.256 e. The van der Waals surface area contributed by atoms with Crippen LogP contribution in [-0.4, -0.2) is 9.97 Å². The summed E-state index contributed by atoms with van der Waals surface area (Å²) in [4.78, 5) is 14.3. The lowest BCUT2D eigenvalue weighted by Crippen LogP contribution is -1.85. The standard InChI is InChI=1S/C32H24N2S4/c1-3-7-23(8-4-1)21-35-25-11-13-27-29(19-25)33-17-15-31(27)37-38-32-16-18-34-30-20-26(12-14-28(30)32)36-22-24-9-5-2-6-10-24/h1-20H,21-22H2. The summed E-state index contributed by atoms with van der Waals surface area (Å²) in [6, 6.07) is 38.6. The van der Waals surface area contributed by atoms with Gasteiger partial charge >= 0.3 is 0 Å². The Morgan fingerprint density at radius 2 is 0.921 bits per heavy atom. The van der Waals surface area contributed by atoms with Crippen LogP contribution in [0.15, 0.2) is 141 Å². The van der Waals surface area contributed by atoms with Crippen LogP contribution in [0.3, 0.4) is 0 Å². The molecule has 0 aliphatic rings. The minimum absolute atomic E-state index is 0.957. The van der Waals surface area contributed by atoms with Crippen molar-refractivity contribution >= 4 is 66.9 Å². The third-order valence-corrected chi connectivity index (χ3v) is 10.7. The molecule has 4 aromatic carbocycles. The molecule has 2 aromatic heterocycles. The van der Waals surface area contributed by atoms with Gasteiger partial charge in [-0.3, -0.25) is 9.97 Å². The molecule has 0 bridgehead atoms. The first-order valence-electron chi connectivity index (χ1n) is 12.3. The third-order valence-electron chi connectivity index (χ3n) is 6.07. The van der Waals surface area contributed by atoms with Crippen molar-refractivity contribution in [1.82, 2.24) is 9.97 Å². The van der Waals surface area contributed by atoms with E-state index < -0.39 is 0 Å². The maximum atomic E-state index is 4.66. The van der Waals surface area contributed by atoms with Crippen molar-refractivity contribution in [2.24, 2.45) is 0 Å². The fraction of sp³-hybridized carbons (Fsp3) is 0.0625. The van der Waals surface area contributed by atoms with E-state index in [0.717, 1.165) is 22.5 Å². The van der Waals surface area contributed by atoms with Gasteiger partial charge in [0.1, 0.15) is 0 Å². The highest BCUT2D eigenvalue weighted by Gasteiger charge is 2.09. The average Bonchev–Trinajstić information content (AvgIpc) is 2.98. The van der Waals surface area contributed by atoms with Gasteiger partial charge in [0.2, 0.25) is 0 Å². The van der Waals surface area contributed by atoms with Gasteiger partial charge in [0.05, 0.1) is 11.0 Å². The third kappa shape index (κ3) is 6.21. The van der Waals surface area contributed by atoms with E-state index in [1.165, 1.54) is 41.5 Å². The van der Waals surface area contributed by atoms with Crippen LogP contribution in [0.1, 0.15) is 11.1 Å². The van der Waals surface area contributed by atoms with Gasteiger partial charge in [-0.15, -0.1) is 23.5 Å². The van der Waals surface area contributed by atoms with Crippen LogP contribution in [0.5, 0.6) is 0 Å². The Labute approximate surface area is 239 Å². The quantitative estimate of drug-likeness (QED) is 0.128. The molecule has 6 heteroatoms. The van der Waals surface area contributed by atoms with Crippen molar-refractivity contribution in [3.8, 4) is 0 Å². The van der Waals surface area contributed by atoms with E-state index in [0.29, 0.717) is 0 Å². The molecule has 38 heavy (non-hydrogen) atoms. The highest BCUT2D eigenvalue weighted by atomic mass is 33.1. The molecule has 186 valence electrons. The second-order valence-electron chi connectivity index (χ2n) is 8.69. The second kappa shape index (κ2) is 12.3. The summed E-state index contributed by atoms with van der Waals surface area (Å²) in [5.41, 5.74) is 4.73. The number of fused-ring (bicyclic) bond motifs is 2. The number of nitrogens with zero attached hydrogens (tertiary/aromatic N) is 2. The van der Waals surface area contributed by atoms with Gasteiger partial charge in [0, 0.05) is 54.3 Å². The predicted octanol–water partition coefficient (Wildman–Crippen LogP) is 10.2. The molecule has 0 unspecified atom stereocenters. The summed E-state index contributed by atoms with van der Waals surface area (Å²) in [6.07, 6.45) is 3.83. The Hall–Kier alpha value is -2.90. The van der Waals surface area contributed by atoms with Gasteiger partial charge in [0.25, 0.3) is 0 Å². The Balaban J connectivity index is 1.15. The molecule has 2 nitrogen and oxygen atoms in total. The molecule has 0 saturated carbocycles. The molecule has 0 spiro atoms. The monoisotopic (exact) mass is 564 g/mol. The molecule has 0 N–H and O–H groups in total. The molecule has 0 saturated heterocycles. The van der Waals surface area contributed by atoms with Crippen molar-refractivity contribution in [3.05, 3.63) is 133 Å². The van der Waals surface area contributed by atoms with Crippen LogP contribution in [-0.2, 0) is 11.5 Å². The number of thioether (sulfide) groups is 2. The highest BCUT2D eigenvalue weighted by Crippen LogP contribution is 2.43. The Morgan fingerprint density at radius 3 is 1.37 bits per heavy atom. The van der Waals surface area contributed by atoms with E-state index in [-0.39, 0.29) is 0 Å². The number of hydrogen-bond donors (Lipinski definition) is 0. The van der Waals surface area contributed by atoms with E-state index in [1.807, 2.05) is 35.9 Å². The smallest absolute Gasteiger partial charge is 0.0724 e. The van der Waals surface area contributed by atoms with Crippen LogP contribution >= 0.6 is 45.1 Å². The number of hydrogen-bond acceptors (Lipinski definition) is 6. The van der Waals surface area contributed by atoms with Gasteiger partial charge in [-0.1, -0.05) is 94.4 Å². The summed E-state index contributed by atoms with van der Waals surface area (Å²) in [6.45, 7) is 0. The Kier molecular flexibility index (Phi) is 8.22. The van der Waals surface area contributed by atoms with Crippen LogP contribution < -0.4 is 0 Å². The van der Waals surface area contributed by atoms with Gasteiger partial charge in [0.15, 0.2) is 0 Å². The maximum absolute atomic E-state index is 4.66. The maximum Gasteiger partial charge on any atom is 0.0724 e. The van der Waals surface area contributed by atoms with Crippen LogP contribution in [0, 0.1) is 0 Å². The summed E-state index contributed by atoms with van der Waals surface area (Å²) >= 11 is 3.70. The zero-order chi connectivity index (χ0) is 25.6. The van der Waals surface area contributed by atoms with Gasteiger partial charge in [-0.2, -0.15) is 0 Å². The minimum Gasteiger partial charge on any atom is -0.256 e. The minimum atomic E-state index is 0.957. The molecule has 6 rings (SSSR count).